The van der Waals surface area contributed by atoms with Gasteiger partial charge in [-0.2, -0.15) is 0 Å². The summed E-state index contributed by atoms with van der Waals surface area (Å²) in [7, 11) is 0. The molecule has 0 radical (unpaired) electrons. The molecular weight excluding hydrogens is 260 g/mol. The Morgan fingerprint density at radius 3 is 2.76 bits per heavy atom. The van der Waals surface area contributed by atoms with Gasteiger partial charge in [0.2, 0.25) is 0 Å². The van der Waals surface area contributed by atoms with Crippen LogP contribution in [-0.4, -0.2) is 10.9 Å². The van der Waals surface area contributed by atoms with Crippen molar-refractivity contribution in [2.24, 2.45) is 0 Å². The molecule has 21 heavy (non-hydrogen) atoms. The second-order valence-corrected chi connectivity index (χ2v) is 5.64. The Morgan fingerprint density at radius 2 is 2.05 bits per heavy atom. The van der Waals surface area contributed by atoms with Crippen molar-refractivity contribution in [3.8, 4) is 0 Å². The first-order valence-corrected chi connectivity index (χ1v) is 7.40. The number of amides is 1. The van der Waals surface area contributed by atoms with Gasteiger partial charge in [-0.3, -0.25) is 4.79 Å². The van der Waals surface area contributed by atoms with Crippen LogP contribution in [0.2, 0.25) is 0 Å². The Bertz CT molecular complexity index is 771. The van der Waals surface area contributed by atoms with Crippen LogP contribution in [0.4, 0.5) is 0 Å². The molecule has 1 unspecified atom stereocenters. The van der Waals surface area contributed by atoms with E-state index in [1.165, 1.54) is 10.8 Å². The average molecular weight is 280 g/mol. The number of carbonyl (C=O) groups is 1. The summed E-state index contributed by atoms with van der Waals surface area (Å²) in [5.74, 6) is -0.0537. The molecule has 3 rings (SSSR count). The van der Waals surface area contributed by atoms with E-state index in [2.05, 4.69) is 23.3 Å². The van der Waals surface area contributed by atoms with Crippen LogP contribution < -0.4 is 15.9 Å². The van der Waals surface area contributed by atoms with Gasteiger partial charge in [0.05, 0.1) is 6.04 Å². The molecule has 3 nitrogen and oxygen atoms in total. The minimum Gasteiger partial charge on any atom is -0.351 e. The molecule has 0 spiro atoms. The largest absolute Gasteiger partial charge is 0.351 e. The zero-order valence-electron chi connectivity index (χ0n) is 12.4. The maximum atomic E-state index is 12.4. The van der Waals surface area contributed by atoms with Gasteiger partial charge in [0.1, 0.15) is 5.69 Å². The number of hydrogen-bond acceptors (Lipinski definition) is 1. The monoisotopic (exact) mass is 280 g/mol. The molecule has 0 saturated carbocycles. The highest BCUT2D eigenvalue weighted by molar-refractivity contribution is 5.92. The third-order valence-corrected chi connectivity index (χ3v) is 4.07. The zero-order chi connectivity index (χ0) is 14.8. The lowest BCUT2D eigenvalue weighted by atomic mass is 10.1. The van der Waals surface area contributed by atoms with Crippen LogP contribution in [0.15, 0.2) is 36.4 Å². The van der Waals surface area contributed by atoms with Crippen molar-refractivity contribution >= 4 is 17.6 Å². The number of rotatable bonds is 3. The molecule has 1 aromatic carbocycles. The predicted octanol–water partition coefficient (Wildman–Crippen LogP) is 2.25. The number of H-pyrrole nitrogens is 1. The van der Waals surface area contributed by atoms with Gasteiger partial charge in [-0.25, -0.2) is 0 Å². The fourth-order valence-corrected chi connectivity index (χ4v) is 2.77. The van der Waals surface area contributed by atoms with Gasteiger partial charge in [-0.05, 0) is 43.5 Å². The van der Waals surface area contributed by atoms with Gasteiger partial charge in [-0.15, -0.1) is 0 Å². The summed E-state index contributed by atoms with van der Waals surface area (Å²) in [6.45, 7) is 4.13. The van der Waals surface area contributed by atoms with E-state index in [0.29, 0.717) is 5.69 Å². The fourth-order valence-electron chi connectivity index (χ4n) is 2.77. The van der Waals surface area contributed by atoms with E-state index in [0.717, 1.165) is 23.8 Å². The summed E-state index contributed by atoms with van der Waals surface area (Å²) < 4.78 is 0. The molecule has 0 saturated heterocycles. The summed E-state index contributed by atoms with van der Waals surface area (Å²) in [6, 6.07) is 12.0. The fraction of sp³-hybridized carbons (Fsp3) is 0.278. The molecule has 1 aliphatic carbocycles. The summed E-state index contributed by atoms with van der Waals surface area (Å²) in [5.41, 5.74) is 3.09. The van der Waals surface area contributed by atoms with Gasteiger partial charge < -0.3 is 10.3 Å². The highest BCUT2D eigenvalue weighted by Gasteiger charge is 2.14. The van der Waals surface area contributed by atoms with Crippen LogP contribution in [0.3, 0.4) is 0 Å². The third kappa shape index (κ3) is 2.77. The van der Waals surface area contributed by atoms with Gasteiger partial charge in [0.25, 0.3) is 5.91 Å². The maximum Gasteiger partial charge on any atom is 0.268 e. The molecule has 2 N–H and O–H groups in total. The minimum absolute atomic E-state index is 0.00640. The number of fused-ring (bicyclic) bond motifs is 1. The first kappa shape index (κ1) is 13.7. The van der Waals surface area contributed by atoms with Crippen LogP contribution in [0, 0.1) is 0 Å². The standard InChI is InChI=1S/C18H20N2O/c1-12-7-6-10-16-15(12)11-17(20-16)18(21)19-13(2)14-8-4-3-5-9-14/h3-5,8-11,13,20H,6-7H2,1-2H3,(H,19,21). The second kappa shape index (κ2) is 5.60. The molecule has 3 heteroatoms. The molecule has 108 valence electrons. The van der Waals surface area contributed by atoms with Crippen molar-refractivity contribution in [3.05, 3.63) is 58.2 Å². The summed E-state index contributed by atoms with van der Waals surface area (Å²) in [4.78, 5) is 15.6. The number of carbonyl (C=O) groups excluding carboxylic acids is 1. The Balaban J connectivity index is 1.83. The first-order chi connectivity index (χ1) is 10.1. The summed E-state index contributed by atoms with van der Waals surface area (Å²) in [5, 5.41) is 5.30. The van der Waals surface area contributed by atoms with Gasteiger partial charge in [0.15, 0.2) is 0 Å². The summed E-state index contributed by atoms with van der Waals surface area (Å²) in [6.07, 6.45) is 4.28. The van der Waals surface area contributed by atoms with Crippen LogP contribution >= 0.6 is 0 Å². The number of hydrogen-bond donors (Lipinski definition) is 2. The van der Waals surface area contributed by atoms with Crippen molar-refractivity contribution in [2.45, 2.75) is 32.7 Å². The lowest BCUT2D eigenvalue weighted by Crippen LogP contribution is -2.28. The molecule has 0 fully saturated rings. The minimum atomic E-state index is -0.0537. The molecule has 0 aliphatic heterocycles. The van der Waals surface area contributed by atoms with Crippen LogP contribution in [0.25, 0.3) is 11.6 Å². The molecule has 1 amide bonds. The highest BCUT2D eigenvalue weighted by atomic mass is 16.1. The Kier molecular flexibility index (Phi) is 3.65. The number of nitrogens with one attached hydrogen (secondary N) is 2. The van der Waals surface area contributed by atoms with E-state index in [-0.39, 0.29) is 11.9 Å². The number of aromatic amines is 1. The van der Waals surface area contributed by atoms with Gasteiger partial charge in [0, 0.05) is 5.35 Å². The maximum absolute atomic E-state index is 12.4. The normalized spacial score (nSPS) is 15.0. The van der Waals surface area contributed by atoms with E-state index < -0.39 is 0 Å². The van der Waals surface area contributed by atoms with Crippen molar-refractivity contribution in [2.75, 3.05) is 0 Å². The zero-order valence-corrected chi connectivity index (χ0v) is 12.4. The van der Waals surface area contributed by atoms with Crippen LogP contribution in [0.1, 0.15) is 48.8 Å². The quantitative estimate of drug-likeness (QED) is 0.890. The van der Waals surface area contributed by atoms with E-state index in [9.17, 15) is 4.79 Å². The Morgan fingerprint density at radius 1 is 1.29 bits per heavy atom. The smallest absolute Gasteiger partial charge is 0.268 e. The highest BCUT2D eigenvalue weighted by Crippen LogP contribution is 2.12. The molecule has 1 heterocycles. The number of benzene rings is 1. The van der Waals surface area contributed by atoms with E-state index >= 15 is 0 Å². The number of aromatic nitrogens is 1. The third-order valence-electron chi connectivity index (χ3n) is 4.07. The van der Waals surface area contributed by atoms with Crippen LogP contribution in [-0.2, 0) is 0 Å². The van der Waals surface area contributed by atoms with Crippen molar-refractivity contribution in [1.82, 2.24) is 10.3 Å². The molecule has 1 aromatic heterocycles. The molecule has 1 atom stereocenters. The topological polar surface area (TPSA) is 44.9 Å². The van der Waals surface area contributed by atoms with E-state index in [4.69, 9.17) is 0 Å². The van der Waals surface area contributed by atoms with E-state index in [1.54, 1.807) is 0 Å². The molecule has 2 aromatic rings. The van der Waals surface area contributed by atoms with Gasteiger partial charge >= 0.3 is 0 Å². The van der Waals surface area contributed by atoms with Gasteiger partial charge in [-0.1, -0.05) is 42.0 Å². The van der Waals surface area contributed by atoms with Crippen molar-refractivity contribution in [1.29, 1.82) is 0 Å². The van der Waals surface area contributed by atoms with Crippen LogP contribution in [0.5, 0.6) is 0 Å². The van der Waals surface area contributed by atoms with Crippen molar-refractivity contribution < 1.29 is 4.79 Å². The average Bonchev–Trinajstić information content (AvgIpc) is 2.94. The lowest BCUT2D eigenvalue weighted by molar-refractivity contribution is 0.0935. The SMILES string of the molecule is CC1=c2cc(C(=O)NC(C)c3ccccc3)[nH]c2=CCC1. The first-order valence-electron chi connectivity index (χ1n) is 7.40. The second-order valence-electron chi connectivity index (χ2n) is 5.64. The predicted molar refractivity (Wildman–Crippen MR) is 85.1 cm³/mol. The molecule has 0 bridgehead atoms. The van der Waals surface area contributed by atoms with Crippen molar-refractivity contribution in [3.63, 3.8) is 0 Å². The molecular formula is C18H20N2O. The summed E-state index contributed by atoms with van der Waals surface area (Å²) >= 11 is 0. The van der Waals surface area contributed by atoms with E-state index in [1.807, 2.05) is 43.3 Å². The molecule has 1 aliphatic rings. The lowest BCUT2D eigenvalue weighted by Gasteiger charge is -2.13. The Hall–Kier alpha value is -2.29. The Labute approximate surface area is 124 Å².